The van der Waals surface area contributed by atoms with Crippen molar-refractivity contribution in [2.75, 3.05) is 39.2 Å². The predicted octanol–water partition coefficient (Wildman–Crippen LogP) is 5.38. The van der Waals surface area contributed by atoms with Crippen LogP contribution in [-0.2, 0) is 0 Å². The van der Waals surface area contributed by atoms with Crippen LogP contribution in [0.1, 0.15) is 24.2 Å². The number of thiazole rings is 1. The number of hydrogen-bond donors (Lipinski definition) is 0. The first kappa shape index (κ1) is 25.2. The number of anilines is 1. The largest absolute Gasteiger partial charge is 0.494 e. The van der Waals surface area contributed by atoms with Crippen molar-refractivity contribution in [3.8, 4) is 11.5 Å². The third kappa shape index (κ3) is 6.01. The first-order chi connectivity index (χ1) is 14.3. The molecule has 0 aliphatic heterocycles. The SMILES string of the molecule is COc1ccc(Cl)c2sc(N(CCN(C)C)C(=O)c3ccc(OC(C)C)cc3)nc12.Cl. The van der Waals surface area contributed by atoms with Crippen LogP contribution in [0.4, 0.5) is 5.13 Å². The Morgan fingerprint density at radius 1 is 1.13 bits per heavy atom. The standard InChI is InChI=1S/C22H26ClN3O3S.ClH/c1-14(2)29-16-8-6-15(7-9-16)21(27)26(13-12-25(3)4)22-24-19-18(28-5)11-10-17(23)20(19)30-22;/h6-11,14H,12-13H2,1-5H3;1H. The predicted molar refractivity (Wildman–Crippen MR) is 131 cm³/mol. The van der Waals surface area contributed by atoms with Gasteiger partial charge in [0.05, 0.1) is 22.9 Å². The molecular formula is C22H27Cl2N3O3S. The maximum Gasteiger partial charge on any atom is 0.260 e. The van der Waals surface area contributed by atoms with Gasteiger partial charge in [-0.15, -0.1) is 12.4 Å². The lowest BCUT2D eigenvalue weighted by atomic mass is 10.2. The Labute approximate surface area is 198 Å². The molecule has 0 N–H and O–H groups in total. The number of methoxy groups -OCH3 is 1. The molecule has 0 aliphatic carbocycles. The molecule has 0 atom stereocenters. The van der Waals surface area contributed by atoms with Gasteiger partial charge < -0.3 is 14.4 Å². The molecule has 0 saturated carbocycles. The van der Waals surface area contributed by atoms with Gasteiger partial charge in [-0.25, -0.2) is 4.98 Å². The number of benzene rings is 2. The number of aromatic nitrogens is 1. The van der Waals surface area contributed by atoms with Crippen LogP contribution in [-0.4, -0.2) is 56.2 Å². The van der Waals surface area contributed by atoms with Crippen molar-refractivity contribution in [3.63, 3.8) is 0 Å². The van der Waals surface area contributed by atoms with E-state index in [1.807, 2.05) is 45.0 Å². The normalized spacial score (nSPS) is 11.0. The average molecular weight is 484 g/mol. The number of rotatable bonds is 8. The summed E-state index contributed by atoms with van der Waals surface area (Å²) in [5.41, 5.74) is 1.23. The molecule has 1 aromatic heterocycles. The van der Waals surface area contributed by atoms with E-state index in [0.717, 1.165) is 10.4 Å². The van der Waals surface area contributed by atoms with Crippen molar-refractivity contribution in [3.05, 3.63) is 47.0 Å². The number of halogens is 2. The van der Waals surface area contributed by atoms with Crippen LogP contribution < -0.4 is 14.4 Å². The van der Waals surface area contributed by atoms with Gasteiger partial charge in [-0.05, 0) is 64.3 Å². The van der Waals surface area contributed by atoms with Crippen LogP contribution in [0, 0.1) is 0 Å². The van der Waals surface area contributed by atoms with Crippen LogP contribution in [0.3, 0.4) is 0 Å². The van der Waals surface area contributed by atoms with Crippen LogP contribution in [0.15, 0.2) is 36.4 Å². The third-order valence-electron chi connectivity index (χ3n) is 4.39. The summed E-state index contributed by atoms with van der Waals surface area (Å²) in [4.78, 5) is 21.8. The monoisotopic (exact) mass is 483 g/mol. The molecule has 0 radical (unpaired) electrons. The Hall–Kier alpha value is -2.06. The summed E-state index contributed by atoms with van der Waals surface area (Å²) in [6.45, 7) is 5.13. The number of likely N-dealkylation sites (N-methyl/N-ethyl adjacent to an activating group) is 1. The van der Waals surface area contributed by atoms with Gasteiger partial charge in [-0.3, -0.25) is 9.69 Å². The van der Waals surface area contributed by atoms with Crippen LogP contribution in [0.2, 0.25) is 5.02 Å². The number of carbonyl (C=O) groups excluding carboxylic acids is 1. The first-order valence-corrected chi connectivity index (χ1v) is 10.9. The number of carbonyl (C=O) groups is 1. The van der Waals surface area contributed by atoms with E-state index in [1.165, 1.54) is 11.3 Å². The van der Waals surface area contributed by atoms with Gasteiger partial charge in [-0.1, -0.05) is 22.9 Å². The van der Waals surface area contributed by atoms with Crippen molar-refractivity contribution in [1.29, 1.82) is 0 Å². The minimum atomic E-state index is -0.123. The lowest BCUT2D eigenvalue weighted by molar-refractivity contribution is 0.0985. The molecule has 0 unspecified atom stereocenters. The number of ether oxygens (including phenoxy) is 2. The molecule has 168 valence electrons. The number of nitrogens with zero attached hydrogens (tertiary/aromatic N) is 3. The molecule has 0 bridgehead atoms. The molecule has 31 heavy (non-hydrogen) atoms. The van der Waals surface area contributed by atoms with E-state index in [9.17, 15) is 4.79 Å². The highest BCUT2D eigenvalue weighted by Crippen LogP contribution is 2.39. The van der Waals surface area contributed by atoms with Crippen LogP contribution in [0.25, 0.3) is 10.2 Å². The van der Waals surface area contributed by atoms with E-state index in [-0.39, 0.29) is 24.4 Å². The maximum atomic E-state index is 13.4. The Morgan fingerprint density at radius 3 is 2.39 bits per heavy atom. The summed E-state index contributed by atoms with van der Waals surface area (Å²) in [6.07, 6.45) is 0.0746. The fourth-order valence-corrected chi connectivity index (χ4v) is 4.19. The molecule has 0 aliphatic rings. The van der Waals surface area contributed by atoms with E-state index in [4.69, 9.17) is 26.1 Å². The highest BCUT2D eigenvalue weighted by atomic mass is 35.5. The molecule has 1 amide bonds. The van der Waals surface area contributed by atoms with Crippen molar-refractivity contribution in [2.24, 2.45) is 0 Å². The van der Waals surface area contributed by atoms with Crippen LogP contribution >= 0.6 is 35.3 Å². The average Bonchev–Trinajstić information content (AvgIpc) is 3.14. The van der Waals surface area contributed by atoms with Gasteiger partial charge in [0.25, 0.3) is 5.91 Å². The molecule has 0 fully saturated rings. The van der Waals surface area contributed by atoms with Gasteiger partial charge >= 0.3 is 0 Å². The molecule has 1 heterocycles. The minimum absolute atomic E-state index is 0. The quantitative estimate of drug-likeness (QED) is 0.430. The van der Waals surface area contributed by atoms with Crippen molar-refractivity contribution >= 4 is 56.6 Å². The Morgan fingerprint density at radius 2 is 1.81 bits per heavy atom. The van der Waals surface area contributed by atoms with Gasteiger partial charge in [0.15, 0.2) is 5.13 Å². The number of amides is 1. The zero-order valence-electron chi connectivity index (χ0n) is 18.2. The van der Waals surface area contributed by atoms with Crippen molar-refractivity contribution in [1.82, 2.24) is 9.88 Å². The highest BCUT2D eigenvalue weighted by molar-refractivity contribution is 7.23. The van der Waals surface area contributed by atoms with E-state index < -0.39 is 0 Å². The lowest BCUT2D eigenvalue weighted by Gasteiger charge is -2.22. The Balaban J connectivity index is 0.00000341. The lowest BCUT2D eigenvalue weighted by Crippen LogP contribution is -2.36. The summed E-state index contributed by atoms with van der Waals surface area (Å²) >= 11 is 7.76. The topological polar surface area (TPSA) is 54.9 Å². The molecule has 3 rings (SSSR count). The molecule has 3 aromatic rings. The first-order valence-electron chi connectivity index (χ1n) is 9.66. The molecule has 0 saturated heterocycles. The summed E-state index contributed by atoms with van der Waals surface area (Å²) in [6, 6.07) is 10.8. The summed E-state index contributed by atoms with van der Waals surface area (Å²) in [5, 5.41) is 1.18. The Kier molecular flexibility index (Phi) is 8.94. The zero-order chi connectivity index (χ0) is 21.8. The molecule has 0 spiro atoms. The van der Waals surface area contributed by atoms with E-state index in [0.29, 0.717) is 40.1 Å². The highest BCUT2D eigenvalue weighted by Gasteiger charge is 2.23. The zero-order valence-corrected chi connectivity index (χ0v) is 20.6. The van der Waals surface area contributed by atoms with E-state index in [2.05, 4.69) is 0 Å². The number of hydrogen-bond acceptors (Lipinski definition) is 6. The minimum Gasteiger partial charge on any atom is -0.494 e. The fourth-order valence-electron chi connectivity index (χ4n) is 2.91. The third-order valence-corrected chi connectivity index (χ3v) is 5.93. The van der Waals surface area contributed by atoms with Gasteiger partial charge in [0, 0.05) is 18.7 Å². The number of fused-ring (bicyclic) bond motifs is 1. The van der Waals surface area contributed by atoms with E-state index >= 15 is 0 Å². The summed E-state index contributed by atoms with van der Waals surface area (Å²) < 4.78 is 11.9. The molecular weight excluding hydrogens is 457 g/mol. The van der Waals surface area contributed by atoms with Gasteiger partial charge in [0.2, 0.25) is 0 Å². The second-order valence-electron chi connectivity index (χ2n) is 7.37. The molecule has 9 heteroatoms. The van der Waals surface area contributed by atoms with E-state index in [1.54, 1.807) is 36.3 Å². The second-order valence-corrected chi connectivity index (χ2v) is 8.76. The summed E-state index contributed by atoms with van der Waals surface area (Å²) in [5.74, 6) is 1.24. The van der Waals surface area contributed by atoms with Crippen molar-refractivity contribution in [2.45, 2.75) is 20.0 Å². The smallest absolute Gasteiger partial charge is 0.260 e. The fraction of sp³-hybridized carbons (Fsp3) is 0.364. The maximum absolute atomic E-state index is 13.4. The Bertz CT molecular complexity index is 1020. The van der Waals surface area contributed by atoms with Crippen LogP contribution in [0.5, 0.6) is 11.5 Å². The molecule has 2 aromatic carbocycles. The van der Waals surface area contributed by atoms with Gasteiger partial charge in [0.1, 0.15) is 17.0 Å². The second kappa shape index (κ2) is 11.0. The van der Waals surface area contributed by atoms with Gasteiger partial charge in [-0.2, -0.15) is 0 Å². The van der Waals surface area contributed by atoms with Crippen molar-refractivity contribution < 1.29 is 14.3 Å². The molecule has 6 nitrogen and oxygen atoms in total. The summed E-state index contributed by atoms with van der Waals surface area (Å²) in [7, 11) is 5.54.